The second-order valence-corrected chi connectivity index (χ2v) is 20.1. The molecule has 0 aromatic rings. The van der Waals surface area contributed by atoms with Gasteiger partial charge in [0.2, 0.25) is 0 Å². The third-order valence-corrected chi connectivity index (χ3v) is 13.0. The summed E-state index contributed by atoms with van der Waals surface area (Å²) in [6.07, 6.45) is 55.3. The second-order valence-electron chi connectivity index (χ2n) is 20.1. The standard InChI is InChI=1S/C57H110O6/c1-5-7-9-11-13-15-17-19-21-23-25-26-28-30-32-36-40-44-48-55(58)61-51-54(52-62-56(59)49-45-41-38-34-35-39-43-47-53(3)4)63-57(60)50-46-42-37-33-31-29-27-24-22-20-18-16-14-12-10-8-6-2/h53-54H,5-52H2,1-4H3/t54-/m0/s1. The molecule has 374 valence electrons. The largest absolute Gasteiger partial charge is 0.462 e. The Labute approximate surface area is 393 Å². The predicted molar refractivity (Wildman–Crippen MR) is 270 cm³/mol. The average Bonchev–Trinajstić information content (AvgIpc) is 3.27. The molecule has 0 aliphatic carbocycles. The summed E-state index contributed by atoms with van der Waals surface area (Å²) in [6.45, 7) is 9.00. The summed E-state index contributed by atoms with van der Waals surface area (Å²) in [6, 6.07) is 0. The SMILES string of the molecule is CCCCCCCCCCCCCCCCCCCCC(=O)OC[C@@H](COC(=O)CCCCCCCCCC(C)C)OC(=O)CCCCCCCCCCCCCCCCCCC. The molecule has 0 rings (SSSR count). The highest BCUT2D eigenvalue weighted by molar-refractivity contribution is 5.71. The minimum atomic E-state index is -0.762. The lowest BCUT2D eigenvalue weighted by Gasteiger charge is -2.18. The van der Waals surface area contributed by atoms with Crippen LogP contribution in [-0.4, -0.2) is 37.2 Å². The van der Waals surface area contributed by atoms with Crippen LogP contribution in [0.4, 0.5) is 0 Å². The van der Waals surface area contributed by atoms with Gasteiger partial charge in [-0.25, -0.2) is 0 Å². The molecule has 0 spiro atoms. The van der Waals surface area contributed by atoms with Crippen molar-refractivity contribution in [3.63, 3.8) is 0 Å². The molecule has 0 aliphatic heterocycles. The van der Waals surface area contributed by atoms with Crippen molar-refractivity contribution in [2.45, 2.75) is 329 Å². The normalized spacial score (nSPS) is 12.0. The van der Waals surface area contributed by atoms with Crippen LogP contribution in [0.5, 0.6) is 0 Å². The lowest BCUT2D eigenvalue weighted by Crippen LogP contribution is -2.30. The Morgan fingerprint density at radius 1 is 0.302 bits per heavy atom. The van der Waals surface area contributed by atoms with E-state index in [1.165, 1.54) is 218 Å². The van der Waals surface area contributed by atoms with Gasteiger partial charge in [-0.05, 0) is 25.2 Å². The van der Waals surface area contributed by atoms with Crippen molar-refractivity contribution in [2.24, 2.45) is 5.92 Å². The van der Waals surface area contributed by atoms with Crippen LogP contribution in [0, 0.1) is 5.92 Å². The van der Waals surface area contributed by atoms with E-state index in [1.54, 1.807) is 0 Å². The van der Waals surface area contributed by atoms with E-state index in [-0.39, 0.29) is 31.1 Å². The number of unbranched alkanes of at least 4 members (excludes halogenated alkanes) is 39. The smallest absolute Gasteiger partial charge is 0.306 e. The predicted octanol–water partition coefficient (Wildman–Crippen LogP) is 18.6. The lowest BCUT2D eigenvalue weighted by molar-refractivity contribution is -0.167. The lowest BCUT2D eigenvalue weighted by atomic mass is 10.0. The van der Waals surface area contributed by atoms with Crippen LogP contribution in [0.3, 0.4) is 0 Å². The highest BCUT2D eigenvalue weighted by Gasteiger charge is 2.19. The Kier molecular flexibility index (Phi) is 50.1. The van der Waals surface area contributed by atoms with Gasteiger partial charge in [-0.15, -0.1) is 0 Å². The maximum Gasteiger partial charge on any atom is 0.306 e. The Bertz CT molecular complexity index is 949. The van der Waals surface area contributed by atoms with Gasteiger partial charge < -0.3 is 14.2 Å². The van der Waals surface area contributed by atoms with Gasteiger partial charge in [-0.2, -0.15) is 0 Å². The first-order valence-electron chi connectivity index (χ1n) is 28.4. The van der Waals surface area contributed by atoms with E-state index in [4.69, 9.17) is 14.2 Å². The molecule has 0 aromatic carbocycles. The van der Waals surface area contributed by atoms with Crippen molar-refractivity contribution < 1.29 is 28.6 Å². The van der Waals surface area contributed by atoms with Gasteiger partial charge in [0, 0.05) is 19.3 Å². The number of esters is 3. The Morgan fingerprint density at radius 3 is 0.778 bits per heavy atom. The van der Waals surface area contributed by atoms with Crippen molar-refractivity contribution >= 4 is 17.9 Å². The van der Waals surface area contributed by atoms with Crippen LogP contribution < -0.4 is 0 Å². The third kappa shape index (κ3) is 51.3. The Hall–Kier alpha value is -1.59. The van der Waals surface area contributed by atoms with Gasteiger partial charge >= 0.3 is 17.9 Å². The van der Waals surface area contributed by atoms with Crippen LogP contribution in [0.2, 0.25) is 0 Å². The van der Waals surface area contributed by atoms with Gasteiger partial charge in [0.15, 0.2) is 6.10 Å². The van der Waals surface area contributed by atoms with Crippen molar-refractivity contribution in [1.29, 1.82) is 0 Å². The zero-order valence-corrected chi connectivity index (χ0v) is 43.0. The molecule has 1 atom stereocenters. The highest BCUT2D eigenvalue weighted by atomic mass is 16.6. The molecule has 0 N–H and O–H groups in total. The van der Waals surface area contributed by atoms with E-state index in [0.29, 0.717) is 19.3 Å². The maximum absolute atomic E-state index is 12.8. The topological polar surface area (TPSA) is 78.9 Å². The molecule has 0 bridgehead atoms. The van der Waals surface area contributed by atoms with Crippen LogP contribution in [0.25, 0.3) is 0 Å². The average molecular weight is 892 g/mol. The fourth-order valence-corrected chi connectivity index (χ4v) is 8.75. The summed E-state index contributed by atoms with van der Waals surface area (Å²) in [5.41, 5.74) is 0. The number of rotatable bonds is 52. The zero-order chi connectivity index (χ0) is 45.9. The van der Waals surface area contributed by atoms with Crippen LogP contribution >= 0.6 is 0 Å². The van der Waals surface area contributed by atoms with Crippen LogP contribution in [0.1, 0.15) is 323 Å². The van der Waals surface area contributed by atoms with E-state index in [2.05, 4.69) is 27.7 Å². The summed E-state index contributed by atoms with van der Waals surface area (Å²) in [4.78, 5) is 38.0. The molecule has 0 saturated heterocycles. The fourth-order valence-electron chi connectivity index (χ4n) is 8.75. The van der Waals surface area contributed by atoms with E-state index in [0.717, 1.165) is 63.7 Å². The second kappa shape index (κ2) is 51.4. The molecule has 0 aromatic heterocycles. The van der Waals surface area contributed by atoms with Crippen molar-refractivity contribution in [3.05, 3.63) is 0 Å². The van der Waals surface area contributed by atoms with E-state index >= 15 is 0 Å². The minimum Gasteiger partial charge on any atom is -0.462 e. The van der Waals surface area contributed by atoms with Gasteiger partial charge in [0.1, 0.15) is 13.2 Å². The maximum atomic E-state index is 12.8. The molecule has 0 aliphatic rings. The Morgan fingerprint density at radius 2 is 0.524 bits per heavy atom. The summed E-state index contributed by atoms with van der Waals surface area (Å²) in [7, 11) is 0. The number of carbonyl (C=O) groups excluding carboxylic acids is 3. The molecule has 0 fully saturated rings. The summed E-state index contributed by atoms with van der Waals surface area (Å²) >= 11 is 0. The first kappa shape index (κ1) is 61.4. The van der Waals surface area contributed by atoms with Crippen molar-refractivity contribution in [2.75, 3.05) is 13.2 Å². The molecule has 0 amide bonds. The highest BCUT2D eigenvalue weighted by Crippen LogP contribution is 2.18. The fraction of sp³-hybridized carbons (Fsp3) is 0.947. The van der Waals surface area contributed by atoms with Gasteiger partial charge in [-0.3, -0.25) is 14.4 Å². The molecule has 0 radical (unpaired) electrons. The molecule has 0 unspecified atom stereocenters. The number of carbonyl (C=O) groups is 3. The monoisotopic (exact) mass is 891 g/mol. The molecule has 6 nitrogen and oxygen atoms in total. The summed E-state index contributed by atoms with van der Waals surface area (Å²) in [5, 5.41) is 0. The summed E-state index contributed by atoms with van der Waals surface area (Å²) in [5.74, 6) is -0.0597. The van der Waals surface area contributed by atoms with E-state index in [1.807, 2.05) is 0 Å². The molecular weight excluding hydrogens is 781 g/mol. The van der Waals surface area contributed by atoms with Crippen molar-refractivity contribution in [1.82, 2.24) is 0 Å². The number of ether oxygens (including phenoxy) is 3. The Balaban J connectivity index is 4.24. The molecule has 6 heteroatoms. The molecule has 63 heavy (non-hydrogen) atoms. The van der Waals surface area contributed by atoms with Crippen LogP contribution in [-0.2, 0) is 28.6 Å². The third-order valence-electron chi connectivity index (χ3n) is 13.0. The van der Waals surface area contributed by atoms with Crippen molar-refractivity contribution in [3.8, 4) is 0 Å². The van der Waals surface area contributed by atoms with E-state index in [9.17, 15) is 14.4 Å². The number of hydrogen-bond acceptors (Lipinski definition) is 6. The molecule has 0 heterocycles. The van der Waals surface area contributed by atoms with Gasteiger partial charge in [0.05, 0.1) is 0 Å². The first-order chi connectivity index (χ1) is 30.9. The van der Waals surface area contributed by atoms with Crippen LogP contribution in [0.15, 0.2) is 0 Å². The quantitative estimate of drug-likeness (QED) is 0.0344. The van der Waals surface area contributed by atoms with Gasteiger partial charge in [0.25, 0.3) is 0 Å². The molecular formula is C57H110O6. The number of hydrogen-bond donors (Lipinski definition) is 0. The van der Waals surface area contributed by atoms with E-state index < -0.39 is 6.10 Å². The first-order valence-corrected chi connectivity index (χ1v) is 28.4. The zero-order valence-electron chi connectivity index (χ0n) is 43.0. The summed E-state index contributed by atoms with van der Waals surface area (Å²) < 4.78 is 16.9. The minimum absolute atomic E-state index is 0.0627. The van der Waals surface area contributed by atoms with Gasteiger partial charge in [-0.1, -0.05) is 285 Å². The molecule has 0 saturated carbocycles.